The van der Waals surface area contributed by atoms with Crippen molar-refractivity contribution in [2.24, 2.45) is 0 Å². The van der Waals surface area contributed by atoms with Crippen molar-refractivity contribution < 1.29 is 0 Å². The summed E-state index contributed by atoms with van der Waals surface area (Å²) in [7, 11) is 0. The second-order valence-electron chi connectivity index (χ2n) is 3.84. The SMILES string of the molecule is CCSc1nc2sc3c(c2c(=O)[nH]1)CCC3. The molecule has 0 aliphatic heterocycles. The van der Waals surface area contributed by atoms with Crippen LogP contribution in [0, 0.1) is 0 Å². The number of aromatic nitrogens is 2. The molecule has 3 rings (SSSR count). The Kier molecular flexibility index (Phi) is 2.52. The minimum atomic E-state index is 0.0420. The number of hydrogen-bond acceptors (Lipinski definition) is 4. The van der Waals surface area contributed by atoms with E-state index in [-0.39, 0.29) is 5.56 Å². The third kappa shape index (κ3) is 1.50. The molecule has 2 aromatic rings. The molecule has 16 heavy (non-hydrogen) atoms. The van der Waals surface area contributed by atoms with Crippen LogP contribution in [0.15, 0.2) is 9.95 Å². The predicted octanol–water partition coefficient (Wildman–Crippen LogP) is 2.59. The van der Waals surface area contributed by atoms with Crippen LogP contribution in [0.5, 0.6) is 0 Å². The Labute approximate surface area is 101 Å². The van der Waals surface area contributed by atoms with Gasteiger partial charge in [-0.1, -0.05) is 18.7 Å². The maximum absolute atomic E-state index is 12.0. The highest BCUT2D eigenvalue weighted by molar-refractivity contribution is 7.99. The van der Waals surface area contributed by atoms with Crippen molar-refractivity contribution in [3.05, 3.63) is 20.8 Å². The third-order valence-corrected chi connectivity index (χ3v) is 4.78. The van der Waals surface area contributed by atoms with Gasteiger partial charge in [0.2, 0.25) is 0 Å². The average Bonchev–Trinajstić information content (AvgIpc) is 2.76. The third-order valence-electron chi connectivity index (χ3n) is 2.83. The van der Waals surface area contributed by atoms with Gasteiger partial charge in [-0.2, -0.15) is 0 Å². The summed E-state index contributed by atoms with van der Waals surface area (Å²) < 4.78 is 0. The highest BCUT2D eigenvalue weighted by Gasteiger charge is 2.20. The molecule has 0 bridgehead atoms. The van der Waals surface area contributed by atoms with Gasteiger partial charge in [0.05, 0.1) is 5.39 Å². The zero-order valence-electron chi connectivity index (χ0n) is 9.00. The number of thiophene rings is 1. The predicted molar refractivity (Wildman–Crippen MR) is 68.7 cm³/mol. The normalized spacial score (nSPS) is 14.6. The number of aryl methyl sites for hydroxylation is 2. The van der Waals surface area contributed by atoms with Gasteiger partial charge in [0.25, 0.3) is 5.56 Å². The summed E-state index contributed by atoms with van der Waals surface area (Å²) in [4.78, 5) is 21.7. The molecular weight excluding hydrogens is 240 g/mol. The lowest BCUT2D eigenvalue weighted by Gasteiger charge is -1.98. The summed E-state index contributed by atoms with van der Waals surface area (Å²) in [5.74, 6) is 0.930. The number of nitrogens with one attached hydrogen (secondary N) is 1. The van der Waals surface area contributed by atoms with Gasteiger partial charge in [-0.15, -0.1) is 11.3 Å². The first-order valence-corrected chi connectivity index (χ1v) is 7.27. The van der Waals surface area contributed by atoms with E-state index in [1.54, 1.807) is 23.1 Å². The van der Waals surface area contributed by atoms with Gasteiger partial charge < -0.3 is 4.98 Å². The standard InChI is InChI=1S/C11H12N2OS2/c1-2-15-11-12-9(14)8-6-4-3-5-7(6)16-10(8)13-11/h2-5H2,1H3,(H,12,13,14). The van der Waals surface area contributed by atoms with Crippen LogP contribution in [0.25, 0.3) is 10.2 Å². The van der Waals surface area contributed by atoms with Crippen molar-refractivity contribution in [2.45, 2.75) is 31.3 Å². The molecule has 0 unspecified atom stereocenters. The Balaban J connectivity index is 2.26. The molecule has 1 N–H and O–H groups in total. The molecule has 84 valence electrons. The van der Waals surface area contributed by atoms with Crippen molar-refractivity contribution in [1.82, 2.24) is 9.97 Å². The largest absolute Gasteiger partial charge is 0.301 e. The van der Waals surface area contributed by atoms with Crippen molar-refractivity contribution in [3.63, 3.8) is 0 Å². The highest BCUT2D eigenvalue weighted by atomic mass is 32.2. The Bertz CT molecular complexity index is 600. The van der Waals surface area contributed by atoms with E-state index in [9.17, 15) is 4.79 Å². The van der Waals surface area contributed by atoms with E-state index in [4.69, 9.17) is 0 Å². The molecule has 0 saturated carbocycles. The number of hydrogen-bond donors (Lipinski definition) is 1. The summed E-state index contributed by atoms with van der Waals surface area (Å²) in [6.07, 6.45) is 3.34. The first kappa shape index (κ1) is 10.4. The molecule has 0 amide bonds. The molecule has 2 heterocycles. The Morgan fingerprint density at radius 1 is 1.50 bits per heavy atom. The van der Waals surface area contributed by atoms with Crippen LogP contribution >= 0.6 is 23.1 Å². The van der Waals surface area contributed by atoms with Gasteiger partial charge in [0, 0.05) is 4.88 Å². The summed E-state index contributed by atoms with van der Waals surface area (Å²) in [5, 5.41) is 1.60. The molecular formula is C11H12N2OS2. The lowest BCUT2D eigenvalue weighted by Crippen LogP contribution is -2.09. The van der Waals surface area contributed by atoms with Gasteiger partial charge in [-0.05, 0) is 30.6 Å². The Hall–Kier alpha value is -0.810. The monoisotopic (exact) mass is 252 g/mol. The summed E-state index contributed by atoms with van der Waals surface area (Å²) >= 11 is 3.28. The maximum atomic E-state index is 12.0. The first-order chi connectivity index (χ1) is 7.79. The fraction of sp³-hybridized carbons (Fsp3) is 0.455. The molecule has 1 aliphatic carbocycles. The van der Waals surface area contributed by atoms with E-state index in [1.807, 2.05) is 0 Å². The van der Waals surface area contributed by atoms with Gasteiger partial charge in [0.1, 0.15) is 4.83 Å². The highest BCUT2D eigenvalue weighted by Crippen LogP contribution is 2.34. The molecule has 5 heteroatoms. The van der Waals surface area contributed by atoms with E-state index in [0.717, 1.165) is 34.0 Å². The summed E-state index contributed by atoms with van der Waals surface area (Å²) in [6.45, 7) is 2.06. The summed E-state index contributed by atoms with van der Waals surface area (Å²) in [5.41, 5.74) is 1.29. The van der Waals surface area contributed by atoms with Crippen LogP contribution in [-0.4, -0.2) is 15.7 Å². The molecule has 0 aromatic carbocycles. The summed E-state index contributed by atoms with van der Waals surface area (Å²) in [6, 6.07) is 0. The Morgan fingerprint density at radius 2 is 2.38 bits per heavy atom. The molecule has 2 aromatic heterocycles. The number of fused-ring (bicyclic) bond motifs is 3. The van der Waals surface area contributed by atoms with Crippen LogP contribution in [0.2, 0.25) is 0 Å². The van der Waals surface area contributed by atoms with Crippen molar-refractivity contribution in [1.29, 1.82) is 0 Å². The maximum Gasteiger partial charge on any atom is 0.260 e. The fourth-order valence-electron chi connectivity index (χ4n) is 2.19. The quantitative estimate of drug-likeness (QED) is 0.660. The van der Waals surface area contributed by atoms with Crippen LogP contribution in [0.1, 0.15) is 23.8 Å². The smallest absolute Gasteiger partial charge is 0.260 e. The number of H-pyrrole nitrogens is 1. The average molecular weight is 252 g/mol. The second-order valence-corrected chi connectivity index (χ2v) is 6.18. The first-order valence-electron chi connectivity index (χ1n) is 5.47. The lowest BCUT2D eigenvalue weighted by molar-refractivity contribution is 0.914. The molecule has 3 nitrogen and oxygen atoms in total. The number of rotatable bonds is 2. The number of nitrogens with zero attached hydrogens (tertiary/aromatic N) is 1. The van der Waals surface area contributed by atoms with Crippen LogP contribution in [-0.2, 0) is 12.8 Å². The van der Waals surface area contributed by atoms with Crippen LogP contribution < -0.4 is 5.56 Å². The van der Waals surface area contributed by atoms with E-state index in [1.165, 1.54) is 16.9 Å². The molecule has 0 fully saturated rings. The minimum Gasteiger partial charge on any atom is -0.301 e. The van der Waals surface area contributed by atoms with Crippen LogP contribution in [0.3, 0.4) is 0 Å². The zero-order valence-corrected chi connectivity index (χ0v) is 10.6. The molecule has 0 radical (unpaired) electrons. The minimum absolute atomic E-state index is 0.0420. The van der Waals surface area contributed by atoms with E-state index >= 15 is 0 Å². The number of aromatic amines is 1. The van der Waals surface area contributed by atoms with Crippen molar-refractivity contribution >= 4 is 33.3 Å². The van der Waals surface area contributed by atoms with Gasteiger partial charge in [0.15, 0.2) is 5.16 Å². The van der Waals surface area contributed by atoms with Crippen molar-refractivity contribution in [2.75, 3.05) is 5.75 Å². The molecule has 0 saturated heterocycles. The zero-order chi connectivity index (χ0) is 11.1. The van der Waals surface area contributed by atoms with Gasteiger partial charge >= 0.3 is 0 Å². The molecule has 0 spiro atoms. The van der Waals surface area contributed by atoms with Gasteiger partial charge in [-0.25, -0.2) is 4.98 Å². The van der Waals surface area contributed by atoms with E-state index < -0.39 is 0 Å². The van der Waals surface area contributed by atoms with Gasteiger partial charge in [-0.3, -0.25) is 4.79 Å². The van der Waals surface area contributed by atoms with Crippen molar-refractivity contribution in [3.8, 4) is 0 Å². The molecule has 0 atom stereocenters. The van der Waals surface area contributed by atoms with E-state index in [0.29, 0.717) is 0 Å². The Morgan fingerprint density at radius 3 is 3.19 bits per heavy atom. The lowest BCUT2D eigenvalue weighted by atomic mass is 10.2. The molecule has 1 aliphatic rings. The number of thioether (sulfide) groups is 1. The van der Waals surface area contributed by atoms with Crippen LogP contribution in [0.4, 0.5) is 0 Å². The fourth-order valence-corrected chi connectivity index (χ4v) is 4.10. The second kappa shape index (κ2) is 3.89. The van der Waals surface area contributed by atoms with E-state index in [2.05, 4.69) is 16.9 Å². The topological polar surface area (TPSA) is 45.8 Å².